The number of aryl methyl sites for hydroxylation is 1. The second-order valence-electron chi connectivity index (χ2n) is 5.22. The van der Waals surface area contributed by atoms with Crippen LogP contribution >= 0.6 is 11.8 Å². The van der Waals surface area contributed by atoms with Gasteiger partial charge in [0.05, 0.1) is 17.7 Å². The summed E-state index contributed by atoms with van der Waals surface area (Å²) in [5.41, 5.74) is 2.12. The zero-order valence-corrected chi connectivity index (χ0v) is 12.4. The van der Waals surface area contributed by atoms with Crippen molar-refractivity contribution in [3.63, 3.8) is 0 Å². The summed E-state index contributed by atoms with van der Waals surface area (Å²) in [6.45, 7) is 2.93. The number of aliphatic hydroxyl groups excluding tert-OH is 2. The van der Waals surface area contributed by atoms with Crippen LogP contribution in [0.4, 0.5) is 5.82 Å². The first kappa shape index (κ1) is 13.7. The van der Waals surface area contributed by atoms with Gasteiger partial charge in [0.15, 0.2) is 0 Å². The highest BCUT2D eigenvalue weighted by atomic mass is 32.2. The summed E-state index contributed by atoms with van der Waals surface area (Å²) in [7, 11) is 0. The zero-order valence-electron chi connectivity index (χ0n) is 11.6. The fourth-order valence-corrected chi connectivity index (χ4v) is 3.04. The molecule has 2 heterocycles. The number of benzene rings is 1. The van der Waals surface area contributed by atoms with Gasteiger partial charge >= 0.3 is 0 Å². The van der Waals surface area contributed by atoms with E-state index >= 15 is 0 Å². The first-order valence-corrected chi connectivity index (χ1v) is 7.87. The second-order valence-corrected chi connectivity index (χ2v) is 6.10. The highest BCUT2D eigenvalue weighted by Crippen LogP contribution is 2.27. The van der Waals surface area contributed by atoms with E-state index in [9.17, 15) is 10.2 Å². The molecule has 2 aromatic rings. The van der Waals surface area contributed by atoms with Gasteiger partial charge < -0.3 is 15.1 Å². The van der Waals surface area contributed by atoms with E-state index in [4.69, 9.17) is 0 Å². The molecule has 0 unspecified atom stereocenters. The highest BCUT2D eigenvalue weighted by molar-refractivity contribution is 7.98. The third kappa shape index (κ3) is 2.37. The predicted molar refractivity (Wildman–Crippen MR) is 82.5 cm³/mol. The average Bonchev–Trinajstić information content (AvgIpc) is 2.78. The summed E-state index contributed by atoms with van der Waals surface area (Å²) in [6.07, 6.45) is 0.668. The zero-order chi connectivity index (χ0) is 14.3. The summed E-state index contributed by atoms with van der Waals surface area (Å²) >= 11 is 1.69. The minimum Gasteiger partial charge on any atom is -0.389 e. The van der Waals surface area contributed by atoms with Gasteiger partial charge in [-0.3, -0.25) is 0 Å². The Kier molecular flexibility index (Phi) is 3.58. The first-order valence-electron chi connectivity index (χ1n) is 6.65. The average molecular weight is 290 g/mol. The van der Waals surface area contributed by atoms with Gasteiger partial charge in [-0.25, -0.2) is 4.98 Å². The van der Waals surface area contributed by atoms with E-state index in [-0.39, 0.29) is 0 Å². The molecule has 0 saturated carbocycles. The van der Waals surface area contributed by atoms with Crippen LogP contribution in [0.1, 0.15) is 5.56 Å². The Morgan fingerprint density at radius 3 is 2.55 bits per heavy atom. The molecule has 2 atom stereocenters. The predicted octanol–water partition coefficient (Wildman–Crippen LogP) is 1.81. The smallest absolute Gasteiger partial charge is 0.129 e. The number of anilines is 1. The number of β-amino-alcohol motifs (C(OH)–C–C–N with tert-alkyl or cyclic N) is 2. The van der Waals surface area contributed by atoms with Crippen molar-refractivity contribution in [1.82, 2.24) is 4.98 Å². The molecule has 4 nitrogen and oxygen atoms in total. The normalized spacial score (nSPS) is 22.7. The molecule has 0 radical (unpaired) electrons. The van der Waals surface area contributed by atoms with Crippen LogP contribution in [-0.4, -0.2) is 46.8 Å². The van der Waals surface area contributed by atoms with E-state index in [0.29, 0.717) is 13.1 Å². The van der Waals surface area contributed by atoms with Gasteiger partial charge in [-0.2, -0.15) is 0 Å². The van der Waals surface area contributed by atoms with Crippen LogP contribution in [0.2, 0.25) is 0 Å². The van der Waals surface area contributed by atoms with E-state index in [1.165, 1.54) is 4.90 Å². The molecule has 1 aromatic heterocycles. The lowest BCUT2D eigenvalue weighted by atomic mass is 10.1. The van der Waals surface area contributed by atoms with Crippen LogP contribution in [0.25, 0.3) is 10.9 Å². The Morgan fingerprint density at radius 2 is 1.90 bits per heavy atom. The molecule has 3 rings (SSSR count). The SMILES string of the molecule is CSc1ccc2c(C)cc(N3C[C@@H](O)[C@H](O)C3)nc2c1. The van der Waals surface area contributed by atoms with Crippen LogP contribution in [0, 0.1) is 6.92 Å². The summed E-state index contributed by atoms with van der Waals surface area (Å²) < 4.78 is 0. The molecule has 0 aliphatic carbocycles. The Bertz CT molecular complexity index is 637. The molecule has 0 amide bonds. The standard InChI is InChI=1S/C15H18N2O2S/c1-9-5-15(17-7-13(18)14(19)8-17)16-12-6-10(20-2)3-4-11(9)12/h3-6,13-14,18-19H,7-8H2,1-2H3/t13-,14-/m1/s1. The maximum Gasteiger partial charge on any atom is 0.129 e. The fourth-order valence-electron chi connectivity index (χ4n) is 2.61. The number of rotatable bonds is 2. The summed E-state index contributed by atoms with van der Waals surface area (Å²) in [4.78, 5) is 7.81. The van der Waals surface area contributed by atoms with Gasteiger partial charge in [0.25, 0.3) is 0 Å². The number of hydrogen-bond donors (Lipinski definition) is 2. The van der Waals surface area contributed by atoms with Gasteiger partial charge in [-0.15, -0.1) is 11.8 Å². The van der Waals surface area contributed by atoms with Crippen LogP contribution in [0.5, 0.6) is 0 Å². The maximum atomic E-state index is 9.67. The lowest BCUT2D eigenvalue weighted by molar-refractivity contribution is 0.0572. The maximum absolute atomic E-state index is 9.67. The number of hydrogen-bond acceptors (Lipinski definition) is 5. The van der Waals surface area contributed by atoms with Crippen molar-refractivity contribution in [1.29, 1.82) is 0 Å². The molecule has 20 heavy (non-hydrogen) atoms. The Hall–Kier alpha value is -1.30. The van der Waals surface area contributed by atoms with Crippen molar-refractivity contribution in [2.24, 2.45) is 0 Å². The number of thioether (sulfide) groups is 1. The molecule has 1 aromatic carbocycles. The molecular weight excluding hydrogens is 272 g/mol. The van der Waals surface area contributed by atoms with E-state index < -0.39 is 12.2 Å². The summed E-state index contributed by atoms with van der Waals surface area (Å²) in [6, 6.07) is 8.30. The Labute approximate surface area is 122 Å². The number of pyridine rings is 1. The van der Waals surface area contributed by atoms with E-state index in [1.807, 2.05) is 17.2 Å². The van der Waals surface area contributed by atoms with Gasteiger partial charge in [0.1, 0.15) is 5.82 Å². The first-order chi connectivity index (χ1) is 9.58. The van der Waals surface area contributed by atoms with E-state index in [0.717, 1.165) is 22.3 Å². The molecule has 1 saturated heterocycles. The molecule has 5 heteroatoms. The van der Waals surface area contributed by atoms with Gasteiger partial charge in [-0.1, -0.05) is 6.07 Å². The number of aliphatic hydroxyl groups is 2. The summed E-state index contributed by atoms with van der Waals surface area (Å²) in [5, 5.41) is 20.5. The molecule has 106 valence electrons. The fraction of sp³-hybridized carbons (Fsp3) is 0.400. The molecule has 1 fully saturated rings. The van der Waals surface area contributed by atoms with Crippen molar-refractivity contribution >= 4 is 28.5 Å². The molecular formula is C15H18N2O2S. The lowest BCUT2D eigenvalue weighted by Gasteiger charge is -2.18. The third-order valence-corrected chi connectivity index (χ3v) is 4.52. The van der Waals surface area contributed by atoms with Crippen LogP contribution in [0.3, 0.4) is 0 Å². The van der Waals surface area contributed by atoms with Gasteiger partial charge in [-0.05, 0) is 36.9 Å². The highest BCUT2D eigenvalue weighted by Gasteiger charge is 2.30. The number of nitrogens with zero attached hydrogens (tertiary/aromatic N) is 2. The van der Waals surface area contributed by atoms with Crippen LogP contribution in [-0.2, 0) is 0 Å². The quantitative estimate of drug-likeness (QED) is 0.826. The lowest BCUT2D eigenvalue weighted by Crippen LogP contribution is -2.22. The van der Waals surface area contributed by atoms with Gasteiger partial charge in [0, 0.05) is 23.4 Å². The number of fused-ring (bicyclic) bond motifs is 1. The van der Waals surface area contributed by atoms with Crippen molar-refractivity contribution < 1.29 is 10.2 Å². The van der Waals surface area contributed by atoms with E-state index in [2.05, 4.69) is 30.1 Å². The summed E-state index contributed by atoms with van der Waals surface area (Å²) in [5.74, 6) is 0.823. The second kappa shape index (κ2) is 5.24. The van der Waals surface area contributed by atoms with Gasteiger partial charge in [0.2, 0.25) is 0 Å². The number of aromatic nitrogens is 1. The minimum absolute atomic E-state index is 0.432. The van der Waals surface area contributed by atoms with Crippen molar-refractivity contribution in [2.45, 2.75) is 24.0 Å². The minimum atomic E-state index is -0.690. The molecule has 0 spiro atoms. The van der Waals surface area contributed by atoms with Crippen LogP contribution < -0.4 is 4.90 Å². The largest absolute Gasteiger partial charge is 0.389 e. The molecule has 0 bridgehead atoms. The molecule has 2 N–H and O–H groups in total. The van der Waals surface area contributed by atoms with E-state index in [1.54, 1.807) is 11.8 Å². The van der Waals surface area contributed by atoms with Crippen molar-refractivity contribution in [3.8, 4) is 0 Å². The van der Waals surface area contributed by atoms with Crippen LogP contribution in [0.15, 0.2) is 29.2 Å². The topological polar surface area (TPSA) is 56.6 Å². The van der Waals surface area contributed by atoms with Crippen molar-refractivity contribution in [2.75, 3.05) is 24.2 Å². The monoisotopic (exact) mass is 290 g/mol. The third-order valence-electron chi connectivity index (χ3n) is 3.79. The Morgan fingerprint density at radius 1 is 1.20 bits per heavy atom. The molecule has 1 aliphatic heterocycles. The van der Waals surface area contributed by atoms with Crippen molar-refractivity contribution in [3.05, 3.63) is 29.8 Å². The Balaban J connectivity index is 2.04. The molecule has 1 aliphatic rings.